The summed E-state index contributed by atoms with van der Waals surface area (Å²) in [5, 5.41) is 19.5. The van der Waals surface area contributed by atoms with E-state index in [9.17, 15) is 18.7 Å². The first-order valence-electron chi connectivity index (χ1n) is 8.56. The number of aliphatic carboxylic acids is 1. The van der Waals surface area contributed by atoms with E-state index in [0.717, 1.165) is 10.9 Å². The molecule has 0 unspecified atom stereocenters. The van der Waals surface area contributed by atoms with Crippen molar-refractivity contribution in [1.82, 2.24) is 4.98 Å². The van der Waals surface area contributed by atoms with Gasteiger partial charge < -0.3 is 10.2 Å². The Hall–Kier alpha value is -3.02. The molecular formula is C21H19F2NO3. The SMILES string of the molecule is CC(C)c1c(C[C@H](F)C(=O)O)nc2cc(O)ccc2c1-c1ccc(F)cc1. The van der Waals surface area contributed by atoms with Gasteiger partial charge in [0, 0.05) is 23.6 Å². The quantitative estimate of drug-likeness (QED) is 0.674. The predicted molar refractivity (Wildman–Crippen MR) is 99.1 cm³/mol. The number of benzene rings is 2. The largest absolute Gasteiger partial charge is 0.508 e. The molecule has 0 bridgehead atoms. The van der Waals surface area contributed by atoms with Crippen LogP contribution in [0.25, 0.3) is 22.0 Å². The molecule has 2 aromatic carbocycles. The fourth-order valence-corrected chi connectivity index (χ4v) is 3.28. The lowest BCUT2D eigenvalue weighted by Crippen LogP contribution is -2.19. The molecule has 0 amide bonds. The number of alkyl halides is 1. The Balaban J connectivity index is 2.36. The monoisotopic (exact) mass is 371 g/mol. The van der Waals surface area contributed by atoms with E-state index in [0.29, 0.717) is 22.3 Å². The second-order valence-corrected chi connectivity index (χ2v) is 6.72. The Labute approximate surface area is 155 Å². The molecule has 0 aliphatic carbocycles. The van der Waals surface area contributed by atoms with Crippen molar-refractivity contribution >= 4 is 16.9 Å². The van der Waals surface area contributed by atoms with Gasteiger partial charge in [0.2, 0.25) is 6.17 Å². The minimum atomic E-state index is -2.09. The summed E-state index contributed by atoms with van der Waals surface area (Å²) in [6, 6.07) is 10.6. The number of carbonyl (C=O) groups is 1. The maximum Gasteiger partial charge on any atom is 0.338 e. The Kier molecular flexibility index (Phi) is 5.08. The van der Waals surface area contributed by atoms with Crippen LogP contribution in [0, 0.1) is 5.82 Å². The number of aromatic nitrogens is 1. The zero-order valence-electron chi connectivity index (χ0n) is 14.9. The van der Waals surface area contributed by atoms with Gasteiger partial charge in [-0.3, -0.25) is 4.98 Å². The summed E-state index contributed by atoms with van der Waals surface area (Å²) in [6.45, 7) is 3.82. The van der Waals surface area contributed by atoms with Gasteiger partial charge in [-0.25, -0.2) is 13.6 Å². The lowest BCUT2D eigenvalue weighted by molar-refractivity contribution is -0.142. The molecule has 4 nitrogen and oxygen atoms in total. The van der Waals surface area contributed by atoms with Gasteiger partial charge >= 0.3 is 5.97 Å². The highest BCUT2D eigenvalue weighted by Gasteiger charge is 2.24. The number of halogens is 2. The van der Waals surface area contributed by atoms with Gasteiger partial charge in [0.15, 0.2) is 0 Å². The van der Waals surface area contributed by atoms with Gasteiger partial charge in [0.05, 0.1) is 5.52 Å². The van der Waals surface area contributed by atoms with Crippen LogP contribution < -0.4 is 0 Å². The number of hydrogen-bond acceptors (Lipinski definition) is 3. The standard InChI is InChI=1S/C21H19F2NO3/c1-11(2)19-18(10-16(23)21(26)27)24-17-9-14(25)7-8-15(17)20(19)12-3-5-13(22)6-4-12/h3-9,11,16,25H,10H2,1-2H3,(H,26,27)/t16-/m0/s1. The number of aromatic hydroxyl groups is 1. The van der Waals surface area contributed by atoms with Crippen LogP contribution in [0.15, 0.2) is 42.5 Å². The summed E-state index contributed by atoms with van der Waals surface area (Å²) >= 11 is 0. The van der Waals surface area contributed by atoms with Gasteiger partial charge in [-0.1, -0.05) is 26.0 Å². The Morgan fingerprint density at radius 1 is 1.15 bits per heavy atom. The zero-order chi connectivity index (χ0) is 19.7. The molecule has 27 heavy (non-hydrogen) atoms. The van der Waals surface area contributed by atoms with Crippen molar-refractivity contribution in [2.45, 2.75) is 32.4 Å². The molecule has 0 saturated carbocycles. The maximum atomic E-state index is 14.0. The van der Waals surface area contributed by atoms with E-state index < -0.39 is 12.1 Å². The van der Waals surface area contributed by atoms with Crippen LogP contribution in [0.2, 0.25) is 0 Å². The van der Waals surface area contributed by atoms with Crippen molar-refractivity contribution in [2.75, 3.05) is 0 Å². The third-order valence-corrected chi connectivity index (χ3v) is 4.44. The number of hydrogen-bond donors (Lipinski definition) is 2. The average molecular weight is 371 g/mol. The number of carboxylic acid groups (broad SMARTS) is 1. The molecule has 3 rings (SSSR count). The molecule has 0 spiro atoms. The topological polar surface area (TPSA) is 70.4 Å². The smallest absolute Gasteiger partial charge is 0.338 e. The van der Waals surface area contributed by atoms with Crippen molar-refractivity contribution in [2.24, 2.45) is 0 Å². The van der Waals surface area contributed by atoms with Crippen LogP contribution in [0.3, 0.4) is 0 Å². The maximum absolute atomic E-state index is 14.0. The summed E-state index contributed by atoms with van der Waals surface area (Å²) in [6.07, 6.45) is -2.48. The van der Waals surface area contributed by atoms with Crippen LogP contribution in [-0.2, 0) is 11.2 Å². The second kappa shape index (κ2) is 7.31. The van der Waals surface area contributed by atoms with Gasteiger partial charge in [-0.2, -0.15) is 0 Å². The minimum Gasteiger partial charge on any atom is -0.508 e. The molecule has 0 aliphatic heterocycles. The second-order valence-electron chi connectivity index (χ2n) is 6.72. The van der Waals surface area contributed by atoms with Gasteiger partial charge in [0.1, 0.15) is 11.6 Å². The molecule has 1 atom stereocenters. The van der Waals surface area contributed by atoms with E-state index in [4.69, 9.17) is 5.11 Å². The fraction of sp³-hybridized carbons (Fsp3) is 0.238. The fourth-order valence-electron chi connectivity index (χ4n) is 3.28. The lowest BCUT2D eigenvalue weighted by Gasteiger charge is -2.21. The number of phenols is 1. The van der Waals surface area contributed by atoms with Crippen molar-refractivity contribution in [3.05, 3.63) is 59.5 Å². The highest BCUT2D eigenvalue weighted by Crippen LogP contribution is 2.38. The molecule has 0 fully saturated rings. The first-order chi connectivity index (χ1) is 12.8. The number of fused-ring (bicyclic) bond motifs is 1. The summed E-state index contributed by atoms with van der Waals surface area (Å²) in [5.74, 6) is -2.01. The van der Waals surface area contributed by atoms with Crippen LogP contribution in [0.4, 0.5) is 8.78 Å². The lowest BCUT2D eigenvalue weighted by atomic mass is 9.87. The summed E-state index contributed by atoms with van der Waals surface area (Å²) < 4.78 is 27.4. The Morgan fingerprint density at radius 3 is 2.41 bits per heavy atom. The molecule has 1 aromatic heterocycles. The molecule has 0 aliphatic rings. The van der Waals surface area contributed by atoms with Crippen molar-refractivity contribution in [1.29, 1.82) is 0 Å². The number of rotatable bonds is 5. The van der Waals surface area contributed by atoms with Crippen molar-refractivity contribution < 1.29 is 23.8 Å². The molecule has 3 aromatic rings. The van der Waals surface area contributed by atoms with Crippen molar-refractivity contribution in [3.8, 4) is 16.9 Å². The number of pyridine rings is 1. The van der Waals surface area contributed by atoms with E-state index >= 15 is 0 Å². The van der Waals surface area contributed by atoms with E-state index in [-0.39, 0.29) is 23.9 Å². The predicted octanol–water partition coefficient (Wildman–Crippen LogP) is 4.84. The van der Waals surface area contributed by atoms with Gasteiger partial charge in [-0.15, -0.1) is 0 Å². The highest BCUT2D eigenvalue weighted by atomic mass is 19.1. The Morgan fingerprint density at radius 2 is 1.81 bits per heavy atom. The minimum absolute atomic E-state index is 0.00154. The third kappa shape index (κ3) is 3.74. The summed E-state index contributed by atoms with van der Waals surface area (Å²) in [7, 11) is 0. The first kappa shape index (κ1) is 18.8. The molecule has 2 N–H and O–H groups in total. The normalized spacial score (nSPS) is 12.5. The van der Waals surface area contributed by atoms with Crippen LogP contribution in [0.5, 0.6) is 5.75 Å². The van der Waals surface area contributed by atoms with Crippen molar-refractivity contribution in [3.63, 3.8) is 0 Å². The summed E-state index contributed by atoms with van der Waals surface area (Å²) in [5.41, 5.74) is 2.90. The first-order valence-corrected chi connectivity index (χ1v) is 8.56. The number of carboxylic acids is 1. The van der Waals surface area contributed by atoms with Crippen LogP contribution in [0.1, 0.15) is 31.0 Å². The number of nitrogens with zero attached hydrogens (tertiary/aromatic N) is 1. The third-order valence-electron chi connectivity index (χ3n) is 4.44. The highest BCUT2D eigenvalue weighted by molar-refractivity contribution is 5.97. The zero-order valence-corrected chi connectivity index (χ0v) is 14.9. The van der Waals surface area contributed by atoms with E-state index in [1.54, 1.807) is 18.2 Å². The van der Waals surface area contributed by atoms with E-state index in [1.165, 1.54) is 24.3 Å². The van der Waals surface area contributed by atoms with Crippen LogP contribution in [-0.4, -0.2) is 27.3 Å². The van der Waals surface area contributed by atoms with Gasteiger partial charge in [-0.05, 0) is 46.9 Å². The van der Waals surface area contributed by atoms with Gasteiger partial charge in [0.25, 0.3) is 0 Å². The average Bonchev–Trinajstić information content (AvgIpc) is 2.60. The Bertz CT molecular complexity index is 1000. The molecule has 0 saturated heterocycles. The molecule has 0 radical (unpaired) electrons. The molecular weight excluding hydrogens is 352 g/mol. The van der Waals surface area contributed by atoms with E-state index in [2.05, 4.69) is 4.98 Å². The van der Waals surface area contributed by atoms with Crippen LogP contribution >= 0.6 is 0 Å². The summed E-state index contributed by atoms with van der Waals surface area (Å²) in [4.78, 5) is 15.5. The molecule has 140 valence electrons. The van der Waals surface area contributed by atoms with E-state index in [1.807, 2.05) is 13.8 Å². The molecule has 1 heterocycles. The molecule has 6 heteroatoms. The number of phenolic OH excluding ortho intramolecular Hbond substituents is 1.